The van der Waals surface area contributed by atoms with Gasteiger partial charge in [0.1, 0.15) is 5.71 Å². The van der Waals surface area contributed by atoms with E-state index in [1.165, 1.54) is 0 Å². The Kier molecular flexibility index (Phi) is 4.46. The van der Waals surface area contributed by atoms with Crippen molar-refractivity contribution in [1.82, 2.24) is 10.3 Å². The van der Waals surface area contributed by atoms with Crippen molar-refractivity contribution < 1.29 is 14.4 Å². The lowest BCUT2D eigenvalue weighted by atomic mass is 9.96. The van der Waals surface area contributed by atoms with Crippen LogP contribution in [0.1, 0.15) is 47.2 Å². The normalized spacial score (nSPS) is 20.6. The van der Waals surface area contributed by atoms with Crippen LogP contribution in [0.25, 0.3) is 0 Å². The molecule has 1 saturated heterocycles. The van der Waals surface area contributed by atoms with Crippen molar-refractivity contribution in [2.45, 2.75) is 45.6 Å². The van der Waals surface area contributed by atoms with E-state index in [2.05, 4.69) is 10.5 Å². The van der Waals surface area contributed by atoms with Crippen LogP contribution >= 0.6 is 0 Å². The largest absolute Gasteiger partial charge is 0.327 e. The van der Waals surface area contributed by atoms with Gasteiger partial charge in [-0.15, -0.1) is 0 Å². The van der Waals surface area contributed by atoms with E-state index in [1.54, 1.807) is 4.90 Å². The van der Waals surface area contributed by atoms with Crippen LogP contribution in [0, 0.1) is 13.8 Å². The first-order valence-corrected chi connectivity index (χ1v) is 8.25. The van der Waals surface area contributed by atoms with E-state index in [1.807, 2.05) is 32.0 Å². The Morgan fingerprint density at radius 3 is 2.75 bits per heavy atom. The highest BCUT2D eigenvalue weighted by Gasteiger charge is 2.37. The number of carbonyl (C=O) groups excluding carboxylic acids is 3. The minimum Gasteiger partial charge on any atom is -0.327 e. The average molecular weight is 327 g/mol. The van der Waals surface area contributed by atoms with Crippen molar-refractivity contribution in [3.63, 3.8) is 0 Å². The molecule has 6 heteroatoms. The third kappa shape index (κ3) is 3.09. The minimum absolute atomic E-state index is 0.0116. The highest BCUT2D eigenvalue weighted by Crippen LogP contribution is 2.24. The summed E-state index contributed by atoms with van der Waals surface area (Å²) < 4.78 is 0. The van der Waals surface area contributed by atoms with Crippen LogP contribution in [-0.4, -0.2) is 40.8 Å². The molecule has 126 valence electrons. The van der Waals surface area contributed by atoms with Gasteiger partial charge < -0.3 is 4.90 Å². The van der Waals surface area contributed by atoms with Crippen LogP contribution < -0.4 is 5.43 Å². The molecule has 0 bridgehead atoms. The molecule has 24 heavy (non-hydrogen) atoms. The summed E-state index contributed by atoms with van der Waals surface area (Å²) in [6.45, 7) is 4.41. The van der Waals surface area contributed by atoms with Gasteiger partial charge in [0.15, 0.2) is 5.78 Å². The lowest BCUT2D eigenvalue weighted by Crippen LogP contribution is -2.45. The Labute approximate surface area is 140 Å². The van der Waals surface area contributed by atoms with Gasteiger partial charge in [-0.05, 0) is 38.3 Å². The number of nitrogens with zero attached hydrogens (tertiary/aromatic N) is 2. The molecular weight excluding hydrogens is 306 g/mol. The molecule has 2 aliphatic rings. The second-order valence-corrected chi connectivity index (χ2v) is 6.43. The van der Waals surface area contributed by atoms with Gasteiger partial charge in [-0.25, -0.2) is 5.43 Å². The highest BCUT2D eigenvalue weighted by molar-refractivity contribution is 6.40. The maximum absolute atomic E-state index is 13.0. The number of hydrazone groups is 1. The molecule has 2 amide bonds. The number of aryl methyl sites for hydroxylation is 2. The van der Waals surface area contributed by atoms with Gasteiger partial charge in [0.2, 0.25) is 5.91 Å². The van der Waals surface area contributed by atoms with Crippen molar-refractivity contribution in [1.29, 1.82) is 0 Å². The van der Waals surface area contributed by atoms with E-state index in [0.717, 1.165) is 17.5 Å². The lowest BCUT2D eigenvalue weighted by molar-refractivity contribution is -0.124. The van der Waals surface area contributed by atoms with Crippen molar-refractivity contribution in [2.75, 3.05) is 6.54 Å². The van der Waals surface area contributed by atoms with E-state index >= 15 is 0 Å². The number of likely N-dealkylation sites (tertiary alicyclic amines) is 1. The zero-order chi connectivity index (χ0) is 17.3. The number of hydrogen-bond acceptors (Lipinski definition) is 4. The second-order valence-electron chi connectivity index (χ2n) is 6.43. The maximum atomic E-state index is 13.0. The summed E-state index contributed by atoms with van der Waals surface area (Å²) in [6.07, 6.45) is 2.05. The molecule has 0 aromatic heterocycles. The van der Waals surface area contributed by atoms with E-state index < -0.39 is 6.04 Å². The van der Waals surface area contributed by atoms with E-state index in [9.17, 15) is 14.4 Å². The molecule has 0 radical (unpaired) electrons. The number of amides is 2. The summed E-state index contributed by atoms with van der Waals surface area (Å²) in [5.41, 5.74) is 5.30. The number of benzene rings is 1. The van der Waals surface area contributed by atoms with Gasteiger partial charge in [-0.2, -0.15) is 5.10 Å². The van der Waals surface area contributed by atoms with Crippen LogP contribution in [0.15, 0.2) is 23.3 Å². The monoisotopic (exact) mass is 327 g/mol. The van der Waals surface area contributed by atoms with Crippen LogP contribution in [0.5, 0.6) is 0 Å². The molecule has 0 spiro atoms. The molecule has 1 atom stereocenters. The van der Waals surface area contributed by atoms with Crippen LogP contribution in [0.4, 0.5) is 0 Å². The second kappa shape index (κ2) is 6.55. The first-order valence-electron chi connectivity index (χ1n) is 8.25. The molecule has 1 unspecified atom stereocenters. The number of Topliss-reactive ketones (excluding diaryl/α,β-unsaturated/α-hetero) is 1. The minimum atomic E-state index is -0.446. The number of nitrogens with one attached hydrogen (secondary N) is 1. The molecule has 6 nitrogen and oxygen atoms in total. The summed E-state index contributed by atoms with van der Waals surface area (Å²) in [4.78, 5) is 38.5. The van der Waals surface area contributed by atoms with Gasteiger partial charge in [-0.1, -0.05) is 17.7 Å². The topological polar surface area (TPSA) is 78.8 Å². The van der Waals surface area contributed by atoms with Gasteiger partial charge in [-0.3, -0.25) is 14.4 Å². The fraction of sp³-hybridized carbons (Fsp3) is 0.444. The molecule has 3 rings (SSSR count). The molecule has 1 aromatic rings. The summed E-state index contributed by atoms with van der Waals surface area (Å²) in [6, 6.07) is 5.35. The summed E-state index contributed by atoms with van der Waals surface area (Å²) in [5.74, 6) is -0.436. The molecular formula is C18H21N3O3. The van der Waals surface area contributed by atoms with Crippen LogP contribution in [-0.2, 0) is 9.59 Å². The quantitative estimate of drug-likeness (QED) is 0.859. The summed E-state index contributed by atoms with van der Waals surface area (Å²) in [7, 11) is 0. The smallest absolute Gasteiger partial charge is 0.270 e. The standard InChI is InChI=1S/C18H21N3O3/c1-11-5-6-12(2)13(10-11)17(23)15-4-3-9-21(15)18(24)14-7-8-16(22)20-19-14/h5-6,10,15H,3-4,7-9H2,1-2H3,(H,20,22). The van der Waals surface area contributed by atoms with Gasteiger partial charge in [0, 0.05) is 24.9 Å². The first-order chi connectivity index (χ1) is 11.5. The fourth-order valence-corrected chi connectivity index (χ4v) is 3.26. The molecule has 0 saturated carbocycles. The predicted molar refractivity (Wildman–Crippen MR) is 89.8 cm³/mol. The maximum Gasteiger partial charge on any atom is 0.270 e. The van der Waals surface area contributed by atoms with Crippen LogP contribution in [0.2, 0.25) is 0 Å². The molecule has 2 heterocycles. The zero-order valence-electron chi connectivity index (χ0n) is 14.0. The van der Waals surface area contributed by atoms with E-state index in [0.29, 0.717) is 30.7 Å². The van der Waals surface area contributed by atoms with Gasteiger partial charge in [0.05, 0.1) is 6.04 Å². The fourth-order valence-electron chi connectivity index (χ4n) is 3.26. The lowest BCUT2D eigenvalue weighted by Gasteiger charge is -2.25. The number of hydrogen-bond donors (Lipinski definition) is 1. The number of carbonyl (C=O) groups is 3. The van der Waals surface area contributed by atoms with Crippen molar-refractivity contribution in [3.05, 3.63) is 34.9 Å². The van der Waals surface area contributed by atoms with Crippen LogP contribution in [0.3, 0.4) is 0 Å². The van der Waals surface area contributed by atoms with E-state index in [4.69, 9.17) is 0 Å². The Morgan fingerprint density at radius 1 is 1.25 bits per heavy atom. The van der Waals surface area contributed by atoms with Gasteiger partial charge in [0.25, 0.3) is 5.91 Å². The molecule has 1 fully saturated rings. The van der Waals surface area contributed by atoms with E-state index in [-0.39, 0.29) is 24.0 Å². The van der Waals surface area contributed by atoms with Crippen molar-refractivity contribution >= 4 is 23.3 Å². The number of ketones is 1. The van der Waals surface area contributed by atoms with Crippen molar-refractivity contribution in [2.24, 2.45) is 5.10 Å². The third-order valence-electron chi connectivity index (χ3n) is 4.63. The first kappa shape index (κ1) is 16.4. The molecule has 0 aliphatic carbocycles. The SMILES string of the molecule is Cc1ccc(C)c(C(=O)C2CCCN2C(=O)C2=NNC(=O)CC2)c1. The third-order valence-corrected chi connectivity index (χ3v) is 4.63. The molecule has 2 aliphatic heterocycles. The number of rotatable bonds is 3. The Morgan fingerprint density at radius 2 is 2.04 bits per heavy atom. The summed E-state index contributed by atoms with van der Waals surface area (Å²) in [5, 5.41) is 3.87. The molecule has 1 aromatic carbocycles. The Balaban J connectivity index is 1.82. The van der Waals surface area contributed by atoms with Gasteiger partial charge >= 0.3 is 0 Å². The summed E-state index contributed by atoms with van der Waals surface area (Å²) >= 11 is 0. The Bertz CT molecular complexity index is 739. The predicted octanol–water partition coefficient (Wildman–Crippen LogP) is 1.74. The Hall–Kier alpha value is -2.50. The molecule has 1 N–H and O–H groups in total. The zero-order valence-corrected chi connectivity index (χ0v) is 14.0. The van der Waals surface area contributed by atoms with Crippen molar-refractivity contribution in [3.8, 4) is 0 Å². The average Bonchev–Trinajstić information content (AvgIpc) is 3.06. The highest BCUT2D eigenvalue weighted by atomic mass is 16.2.